The van der Waals surface area contributed by atoms with Crippen molar-refractivity contribution in [3.05, 3.63) is 59.4 Å². The average molecular weight is 367 g/mol. The monoisotopic (exact) mass is 367 g/mol. The van der Waals surface area contributed by atoms with Crippen molar-refractivity contribution in [3.8, 4) is 5.75 Å². The Morgan fingerprint density at radius 2 is 2.07 bits per heavy atom. The van der Waals surface area contributed by atoms with E-state index in [0.717, 1.165) is 0 Å². The molecule has 2 amide bonds. The summed E-state index contributed by atoms with van der Waals surface area (Å²) in [6, 6.07) is 8.92. The number of carbonyl (C=O) groups is 2. The quantitative estimate of drug-likeness (QED) is 0.794. The molecule has 0 saturated carbocycles. The summed E-state index contributed by atoms with van der Waals surface area (Å²) in [4.78, 5) is 26.0. The molecule has 0 radical (unpaired) electrons. The van der Waals surface area contributed by atoms with E-state index in [1.807, 2.05) is 19.1 Å². The zero-order valence-electron chi connectivity index (χ0n) is 15.4. The van der Waals surface area contributed by atoms with E-state index < -0.39 is 0 Å². The van der Waals surface area contributed by atoms with E-state index in [1.54, 1.807) is 43.3 Å². The van der Waals surface area contributed by atoms with Crippen molar-refractivity contribution in [3.63, 3.8) is 0 Å². The number of benzene rings is 1. The number of likely N-dealkylation sites (N-methyl/N-ethyl adjacent to an activating group) is 2. The first-order chi connectivity index (χ1) is 13.0. The van der Waals surface area contributed by atoms with Crippen molar-refractivity contribution in [2.45, 2.75) is 6.92 Å². The van der Waals surface area contributed by atoms with Crippen molar-refractivity contribution < 1.29 is 18.7 Å². The van der Waals surface area contributed by atoms with E-state index in [0.29, 0.717) is 35.0 Å². The zero-order valence-corrected chi connectivity index (χ0v) is 15.4. The summed E-state index contributed by atoms with van der Waals surface area (Å²) in [7, 11) is 3.59. The van der Waals surface area contributed by atoms with Gasteiger partial charge in [-0.3, -0.25) is 9.59 Å². The second-order valence-electron chi connectivity index (χ2n) is 6.13. The lowest BCUT2D eigenvalue weighted by Crippen LogP contribution is -2.30. The molecule has 3 rings (SSSR count). The third kappa shape index (κ3) is 4.20. The van der Waals surface area contributed by atoms with Crippen LogP contribution in [-0.2, 0) is 9.59 Å². The van der Waals surface area contributed by atoms with Gasteiger partial charge in [-0.05, 0) is 31.2 Å². The Morgan fingerprint density at radius 3 is 2.81 bits per heavy atom. The maximum atomic E-state index is 12.2. The number of hydrogen-bond acceptors (Lipinski definition) is 5. The lowest BCUT2D eigenvalue weighted by atomic mass is 10.2. The standard InChI is InChI=1S/C20H21N3O4/c1-4-21-19(24)16(23(2)3)10-13-9-14(26-12-13)11-18-20(25)22-15-7-5-6-8-17(15)27-18/h5-12H,4H2,1-3H3,(H,21,24)(H,22,25)/b16-10+,18-11-. The molecule has 7 heteroatoms. The van der Waals surface area contributed by atoms with Crippen LogP contribution in [0.4, 0.5) is 5.69 Å². The number of para-hydroxylation sites is 2. The molecule has 1 aromatic carbocycles. The second-order valence-corrected chi connectivity index (χ2v) is 6.13. The lowest BCUT2D eigenvalue weighted by Gasteiger charge is -2.19. The van der Waals surface area contributed by atoms with Gasteiger partial charge >= 0.3 is 0 Å². The van der Waals surface area contributed by atoms with Gasteiger partial charge in [0, 0.05) is 32.3 Å². The van der Waals surface area contributed by atoms with Gasteiger partial charge in [0.25, 0.3) is 11.8 Å². The number of fused-ring (bicyclic) bond motifs is 1. The van der Waals surface area contributed by atoms with Crippen LogP contribution in [0.25, 0.3) is 12.2 Å². The maximum absolute atomic E-state index is 12.2. The molecule has 0 spiro atoms. The van der Waals surface area contributed by atoms with Crippen molar-refractivity contribution in [2.75, 3.05) is 26.0 Å². The molecule has 2 aromatic rings. The summed E-state index contributed by atoms with van der Waals surface area (Å²) in [5.74, 6) is 0.629. The minimum Gasteiger partial charge on any atom is -0.464 e. The van der Waals surface area contributed by atoms with E-state index in [2.05, 4.69) is 10.6 Å². The van der Waals surface area contributed by atoms with Gasteiger partial charge in [-0.1, -0.05) is 12.1 Å². The lowest BCUT2D eigenvalue weighted by molar-refractivity contribution is -0.118. The maximum Gasteiger partial charge on any atom is 0.291 e. The Kier molecular flexibility index (Phi) is 5.30. The first-order valence-corrected chi connectivity index (χ1v) is 8.53. The first-order valence-electron chi connectivity index (χ1n) is 8.53. The van der Waals surface area contributed by atoms with Crippen LogP contribution in [-0.4, -0.2) is 37.4 Å². The van der Waals surface area contributed by atoms with Crippen LogP contribution < -0.4 is 15.4 Å². The fourth-order valence-electron chi connectivity index (χ4n) is 2.56. The topological polar surface area (TPSA) is 83.8 Å². The number of anilines is 1. The molecule has 0 unspecified atom stereocenters. The van der Waals surface area contributed by atoms with Crippen molar-refractivity contribution in [1.82, 2.24) is 10.2 Å². The van der Waals surface area contributed by atoms with E-state index in [-0.39, 0.29) is 17.6 Å². The van der Waals surface area contributed by atoms with E-state index in [1.165, 1.54) is 12.3 Å². The highest BCUT2D eigenvalue weighted by Gasteiger charge is 2.22. The summed E-state index contributed by atoms with van der Waals surface area (Å²) in [5.41, 5.74) is 1.83. The van der Waals surface area contributed by atoms with Gasteiger partial charge in [0.05, 0.1) is 12.0 Å². The molecule has 27 heavy (non-hydrogen) atoms. The van der Waals surface area contributed by atoms with Crippen LogP contribution in [0.1, 0.15) is 18.2 Å². The van der Waals surface area contributed by atoms with Crippen LogP contribution in [0.15, 0.2) is 52.5 Å². The van der Waals surface area contributed by atoms with Crippen LogP contribution in [0.3, 0.4) is 0 Å². The Morgan fingerprint density at radius 1 is 1.30 bits per heavy atom. The fraction of sp³-hybridized carbons (Fsp3) is 0.200. The summed E-state index contributed by atoms with van der Waals surface area (Å²) in [6.45, 7) is 2.40. The number of amides is 2. The highest BCUT2D eigenvalue weighted by atomic mass is 16.5. The molecule has 0 saturated heterocycles. The third-order valence-corrected chi connectivity index (χ3v) is 3.85. The first kappa shape index (κ1) is 18.3. The largest absolute Gasteiger partial charge is 0.464 e. The van der Waals surface area contributed by atoms with Crippen LogP contribution in [0.5, 0.6) is 5.75 Å². The predicted octanol–water partition coefficient (Wildman–Crippen LogP) is 2.69. The SMILES string of the molecule is CCNC(=O)/C(=C\c1coc(/C=C2\Oc3ccccc3NC2=O)c1)N(C)C. The molecule has 7 nitrogen and oxygen atoms in total. The molecule has 1 aromatic heterocycles. The molecular weight excluding hydrogens is 346 g/mol. The van der Waals surface area contributed by atoms with Gasteiger partial charge < -0.3 is 24.7 Å². The number of ether oxygens (including phenoxy) is 1. The molecule has 0 bridgehead atoms. The van der Waals surface area contributed by atoms with Gasteiger partial charge in [-0.2, -0.15) is 0 Å². The molecule has 2 heterocycles. The number of nitrogens with zero attached hydrogens (tertiary/aromatic N) is 1. The van der Waals surface area contributed by atoms with Crippen LogP contribution >= 0.6 is 0 Å². The average Bonchev–Trinajstić information content (AvgIpc) is 3.07. The van der Waals surface area contributed by atoms with Gasteiger partial charge in [0.2, 0.25) is 0 Å². The third-order valence-electron chi connectivity index (χ3n) is 3.85. The van der Waals surface area contributed by atoms with Gasteiger partial charge in [-0.25, -0.2) is 0 Å². The van der Waals surface area contributed by atoms with E-state index in [4.69, 9.17) is 9.15 Å². The summed E-state index contributed by atoms with van der Waals surface area (Å²) in [5, 5.41) is 5.54. The Bertz CT molecular complexity index is 925. The number of carbonyl (C=O) groups excluding carboxylic acids is 2. The number of furan rings is 1. The second kappa shape index (κ2) is 7.82. The van der Waals surface area contributed by atoms with Crippen LogP contribution in [0.2, 0.25) is 0 Å². The van der Waals surface area contributed by atoms with Gasteiger partial charge in [0.15, 0.2) is 11.5 Å². The molecule has 2 N–H and O–H groups in total. The number of hydrogen-bond donors (Lipinski definition) is 2. The minimum atomic E-state index is -0.349. The zero-order chi connectivity index (χ0) is 19.4. The Hall–Kier alpha value is -3.48. The van der Waals surface area contributed by atoms with Crippen molar-refractivity contribution >= 4 is 29.7 Å². The minimum absolute atomic E-state index is 0.134. The van der Waals surface area contributed by atoms with E-state index in [9.17, 15) is 9.59 Å². The van der Waals surface area contributed by atoms with Crippen molar-refractivity contribution in [1.29, 1.82) is 0 Å². The number of nitrogens with one attached hydrogen (secondary N) is 2. The smallest absolute Gasteiger partial charge is 0.291 e. The van der Waals surface area contributed by atoms with Crippen molar-refractivity contribution in [2.24, 2.45) is 0 Å². The molecule has 140 valence electrons. The fourth-order valence-corrected chi connectivity index (χ4v) is 2.56. The van der Waals surface area contributed by atoms with Gasteiger partial charge in [-0.15, -0.1) is 0 Å². The molecule has 0 atom stereocenters. The predicted molar refractivity (Wildman–Crippen MR) is 103 cm³/mol. The summed E-state index contributed by atoms with van der Waals surface area (Å²) >= 11 is 0. The molecule has 1 aliphatic rings. The summed E-state index contributed by atoms with van der Waals surface area (Å²) in [6.07, 6.45) is 4.75. The van der Waals surface area contributed by atoms with E-state index >= 15 is 0 Å². The molecule has 0 aliphatic carbocycles. The highest BCUT2D eigenvalue weighted by molar-refractivity contribution is 6.08. The highest BCUT2D eigenvalue weighted by Crippen LogP contribution is 2.31. The summed E-state index contributed by atoms with van der Waals surface area (Å²) < 4.78 is 11.1. The van der Waals surface area contributed by atoms with Gasteiger partial charge in [0.1, 0.15) is 11.5 Å². The van der Waals surface area contributed by atoms with Crippen LogP contribution in [0, 0.1) is 0 Å². The Balaban J connectivity index is 1.83. The molecule has 1 aliphatic heterocycles. The normalized spacial score (nSPS) is 15.0. The Labute approximate surface area is 157 Å². The molecule has 0 fully saturated rings. The number of rotatable bonds is 5. The molecular formula is C20H21N3O4.